The molecule has 0 spiro atoms. The van der Waals surface area contributed by atoms with Crippen LogP contribution < -0.4 is 10.1 Å². The van der Waals surface area contributed by atoms with Crippen molar-refractivity contribution in [1.82, 2.24) is 20.1 Å². The minimum Gasteiger partial charge on any atom is -0.477 e. The smallest absolute Gasteiger partial charge is 0.354 e. The molecule has 2 aromatic rings. The summed E-state index contributed by atoms with van der Waals surface area (Å²) in [6, 6.07) is 8.22. The Morgan fingerprint density at radius 3 is 2.53 bits per heavy atom. The third-order valence-electron chi connectivity index (χ3n) is 5.05. The Hall–Kier alpha value is -4.54. The number of nitrogens with zero attached hydrogens (tertiary/aromatic N) is 4. The number of allylic oxidation sites excluding steroid dienone is 2. The molecular formula is C27H32FN5O5. The summed E-state index contributed by atoms with van der Waals surface area (Å²) in [5, 5.41) is 11.8. The Kier molecular flexibility index (Phi) is 11.6. The molecule has 2 rings (SSSR count). The highest BCUT2D eigenvalue weighted by molar-refractivity contribution is 5.99. The molecule has 0 unspecified atom stereocenters. The minimum absolute atomic E-state index is 0.138. The van der Waals surface area contributed by atoms with E-state index >= 15 is 0 Å². The van der Waals surface area contributed by atoms with Gasteiger partial charge in [0.25, 0.3) is 0 Å². The van der Waals surface area contributed by atoms with E-state index in [0.29, 0.717) is 30.9 Å². The van der Waals surface area contributed by atoms with Gasteiger partial charge in [-0.05, 0) is 55.7 Å². The minimum atomic E-state index is -1.16. The zero-order valence-corrected chi connectivity index (χ0v) is 21.8. The average Bonchev–Trinajstić information content (AvgIpc) is 2.89. The number of imide groups is 1. The number of pyridine rings is 1. The summed E-state index contributed by atoms with van der Waals surface area (Å²) in [5.74, 6) is -0.493. The first-order chi connectivity index (χ1) is 18.1. The second kappa shape index (κ2) is 14.9. The molecule has 0 aliphatic heterocycles. The standard InChI is InChI=1S/C27H32FN5O5/c1-5-15-33(18-34)27(37)31-26(32(4)17-20-8-10-21(28)11-9-20)30-13-6-7-24(19(2)3)38-22-12-14-29-23(16-22)25(35)36/h6-12,14,16,18H,5,13,15,17H2,1-4H3,(H,35,36)(H,30,31,37)/b7-6-. The molecule has 202 valence electrons. The van der Waals surface area contributed by atoms with Crippen LogP contribution in [0, 0.1) is 5.82 Å². The van der Waals surface area contributed by atoms with Crippen LogP contribution in [0.2, 0.25) is 0 Å². The maximum absolute atomic E-state index is 13.3. The number of halogens is 1. The number of urea groups is 1. The summed E-state index contributed by atoms with van der Waals surface area (Å²) in [6.07, 6.45) is 5.81. The lowest BCUT2D eigenvalue weighted by Gasteiger charge is -2.24. The highest BCUT2D eigenvalue weighted by atomic mass is 19.1. The number of aliphatic imine (C=N–C) groups is 1. The van der Waals surface area contributed by atoms with Crippen molar-refractivity contribution in [3.8, 4) is 5.75 Å². The van der Waals surface area contributed by atoms with Gasteiger partial charge in [-0.25, -0.2) is 24.0 Å². The van der Waals surface area contributed by atoms with E-state index in [2.05, 4.69) is 15.3 Å². The third kappa shape index (κ3) is 9.49. The second-order valence-electron chi connectivity index (χ2n) is 8.43. The van der Waals surface area contributed by atoms with Gasteiger partial charge in [-0.15, -0.1) is 0 Å². The zero-order chi connectivity index (χ0) is 28.1. The first kappa shape index (κ1) is 29.7. The molecule has 1 aromatic heterocycles. The summed E-state index contributed by atoms with van der Waals surface area (Å²) >= 11 is 0. The number of aromatic carboxylic acids is 1. The fraction of sp³-hybridized carbons (Fsp3) is 0.296. The third-order valence-corrected chi connectivity index (χ3v) is 5.05. The number of guanidine groups is 1. The van der Waals surface area contributed by atoms with E-state index in [9.17, 15) is 18.8 Å². The predicted octanol–water partition coefficient (Wildman–Crippen LogP) is 4.21. The number of ether oxygens (including phenoxy) is 1. The van der Waals surface area contributed by atoms with Crippen molar-refractivity contribution in [1.29, 1.82) is 0 Å². The molecule has 0 radical (unpaired) electrons. The van der Waals surface area contributed by atoms with Crippen LogP contribution in [0.4, 0.5) is 9.18 Å². The SMILES string of the molecule is CCCN(C=O)C(=O)NC(=NC/C=C\C(Oc1ccnc(C(=O)O)c1)=C(C)C)N(C)Cc1ccc(F)cc1. The van der Waals surface area contributed by atoms with E-state index in [0.717, 1.165) is 16.0 Å². The van der Waals surface area contributed by atoms with E-state index in [1.165, 1.54) is 24.4 Å². The van der Waals surface area contributed by atoms with Crippen LogP contribution in [-0.2, 0) is 11.3 Å². The van der Waals surface area contributed by atoms with Gasteiger partial charge in [0.2, 0.25) is 12.4 Å². The van der Waals surface area contributed by atoms with E-state index in [1.807, 2.05) is 20.8 Å². The van der Waals surface area contributed by atoms with Crippen molar-refractivity contribution in [2.24, 2.45) is 4.99 Å². The number of hydrogen-bond donors (Lipinski definition) is 2. The summed E-state index contributed by atoms with van der Waals surface area (Å²) in [4.78, 5) is 46.1. The fourth-order valence-corrected chi connectivity index (χ4v) is 3.12. The van der Waals surface area contributed by atoms with Crippen LogP contribution in [0.1, 0.15) is 43.2 Å². The van der Waals surface area contributed by atoms with Crippen LogP contribution >= 0.6 is 0 Å². The Morgan fingerprint density at radius 2 is 1.92 bits per heavy atom. The van der Waals surface area contributed by atoms with Gasteiger partial charge in [0.15, 0.2) is 5.69 Å². The first-order valence-corrected chi connectivity index (χ1v) is 11.9. The number of benzene rings is 1. The molecule has 2 N–H and O–H groups in total. The van der Waals surface area contributed by atoms with Crippen LogP contribution in [0.25, 0.3) is 0 Å². The number of rotatable bonds is 11. The first-order valence-electron chi connectivity index (χ1n) is 11.9. The van der Waals surface area contributed by atoms with Crippen LogP contribution in [0.15, 0.2) is 71.1 Å². The molecule has 0 aliphatic rings. The van der Waals surface area contributed by atoms with Gasteiger partial charge in [0.05, 0.1) is 6.54 Å². The number of amides is 3. The van der Waals surface area contributed by atoms with Crippen LogP contribution in [0.5, 0.6) is 5.75 Å². The average molecular weight is 526 g/mol. The lowest BCUT2D eigenvalue weighted by molar-refractivity contribution is -0.115. The molecule has 1 aromatic carbocycles. The van der Waals surface area contributed by atoms with E-state index in [1.54, 1.807) is 42.3 Å². The molecule has 11 heteroatoms. The number of carboxylic acid groups (broad SMARTS) is 1. The monoisotopic (exact) mass is 525 g/mol. The predicted molar refractivity (Wildman–Crippen MR) is 141 cm³/mol. The van der Waals surface area contributed by atoms with Gasteiger partial charge in [0.1, 0.15) is 17.3 Å². The van der Waals surface area contributed by atoms with Crippen molar-refractivity contribution < 1.29 is 28.6 Å². The number of carbonyl (C=O) groups is 3. The van der Waals surface area contributed by atoms with Gasteiger partial charge >= 0.3 is 12.0 Å². The van der Waals surface area contributed by atoms with Crippen LogP contribution in [-0.4, -0.2) is 64.4 Å². The van der Waals surface area contributed by atoms with Crippen molar-refractivity contribution in [2.75, 3.05) is 20.1 Å². The Bertz CT molecular complexity index is 1210. The lowest BCUT2D eigenvalue weighted by atomic mass is 10.2. The number of carbonyl (C=O) groups excluding carboxylic acids is 2. The molecule has 0 saturated heterocycles. The molecule has 10 nitrogen and oxygen atoms in total. The summed E-state index contributed by atoms with van der Waals surface area (Å²) in [6.45, 7) is 6.26. The maximum atomic E-state index is 13.3. The molecule has 0 bridgehead atoms. The Morgan fingerprint density at radius 1 is 1.21 bits per heavy atom. The zero-order valence-electron chi connectivity index (χ0n) is 21.8. The molecule has 0 saturated carbocycles. The van der Waals surface area contributed by atoms with Crippen molar-refractivity contribution >= 4 is 24.4 Å². The molecule has 0 atom stereocenters. The summed E-state index contributed by atoms with van der Waals surface area (Å²) < 4.78 is 19.1. The largest absolute Gasteiger partial charge is 0.477 e. The molecule has 0 fully saturated rings. The van der Waals surface area contributed by atoms with Gasteiger partial charge in [-0.2, -0.15) is 0 Å². The highest BCUT2D eigenvalue weighted by Gasteiger charge is 2.16. The number of aromatic nitrogens is 1. The van der Waals surface area contributed by atoms with Gasteiger partial charge in [0, 0.05) is 32.4 Å². The number of carboxylic acids is 1. The van der Waals surface area contributed by atoms with Crippen molar-refractivity contribution in [3.63, 3.8) is 0 Å². The Labute approximate surface area is 221 Å². The fourth-order valence-electron chi connectivity index (χ4n) is 3.12. The van der Waals surface area contributed by atoms with Crippen molar-refractivity contribution in [3.05, 3.63) is 83.2 Å². The van der Waals surface area contributed by atoms with Gasteiger partial charge < -0.3 is 14.7 Å². The normalized spacial score (nSPS) is 11.1. The van der Waals surface area contributed by atoms with Crippen LogP contribution in [0.3, 0.4) is 0 Å². The van der Waals surface area contributed by atoms with E-state index in [-0.39, 0.29) is 30.6 Å². The lowest BCUT2D eigenvalue weighted by Crippen LogP contribution is -2.48. The van der Waals surface area contributed by atoms with Crippen molar-refractivity contribution in [2.45, 2.75) is 33.7 Å². The summed E-state index contributed by atoms with van der Waals surface area (Å²) in [7, 11) is 1.71. The summed E-state index contributed by atoms with van der Waals surface area (Å²) in [5.41, 5.74) is 1.49. The quantitative estimate of drug-likeness (QED) is 0.148. The maximum Gasteiger partial charge on any atom is 0.354 e. The van der Waals surface area contributed by atoms with Gasteiger partial charge in [-0.1, -0.05) is 25.1 Å². The highest BCUT2D eigenvalue weighted by Crippen LogP contribution is 2.17. The molecule has 0 aliphatic carbocycles. The topological polar surface area (TPSA) is 124 Å². The molecule has 1 heterocycles. The number of hydrogen-bond acceptors (Lipinski definition) is 6. The molecule has 38 heavy (non-hydrogen) atoms. The van der Waals surface area contributed by atoms with E-state index in [4.69, 9.17) is 9.84 Å². The second-order valence-corrected chi connectivity index (χ2v) is 8.43. The number of nitrogens with one attached hydrogen (secondary N) is 1. The Balaban J connectivity index is 2.20. The molecule has 3 amide bonds. The van der Waals surface area contributed by atoms with Gasteiger partial charge in [-0.3, -0.25) is 15.0 Å². The molecular weight excluding hydrogens is 493 g/mol. The van der Waals surface area contributed by atoms with E-state index < -0.39 is 12.0 Å².